The molecule has 0 aliphatic carbocycles. The van der Waals surface area contributed by atoms with E-state index in [1.165, 1.54) is 0 Å². The number of hydrogen-bond acceptors (Lipinski definition) is 5. The molecule has 1 aromatic carbocycles. The van der Waals surface area contributed by atoms with Gasteiger partial charge in [0, 0.05) is 11.9 Å². The molecule has 116 valence electrons. The molecule has 5 nitrogen and oxygen atoms in total. The van der Waals surface area contributed by atoms with Gasteiger partial charge in [-0.25, -0.2) is 10.9 Å². The van der Waals surface area contributed by atoms with E-state index in [0.29, 0.717) is 5.75 Å². The average molecular weight is 316 g/mol. The number of fused-ring (bicyclic) bond motifs is 1. The van der Waals surface area contributed by atoms with Crippen molar-refractivity contribution in [2.45, 2.75) is 25.5 Å². The molecule has 0 aromatic heterocycles. The number of amides is 1. The van der Waals surface area contributed by atoms with Gasteiger partial charge in [0.1, 0.15) is 11.7 Å². The zero-order valence-electron chi connectivity index (χ0n) is 12.7. The van der Waals surface area contributed by atoms with Crippen LogP contribution in [-0.4, -0.2) is 28.2 Å². The van der Waals surface area contributed by atoms with E-state index in [4.69, 9.17) is 0 Å². The Bertz CT molecular complexity index is 629. The van der Waals surface area contributed by atoms with Crippen LogP contribution in [0.3, 0.4) is 0 Å². The van der Waals surface area contributed by atoms with Crippen LogP contribution in [0.15, 0.2) is 42.6 Å². The van der Waals surface area contributed by atoms with Gasteiger partial charge in [-0.2, -0.15) is 0 Å². The van der Waals surface area contributed by atoms with Gasteiger partial charge in [-0.05, 0) is 43.2 Å². The molecule has 3 N–H and O–H groups in total. The standard InChI is InChI=1S/C16H20N4OS/c1-11-6-7-12(2)13(9-11)17-15(21)10-22-16-19-18-14-5-3-4-8-20(14)16/h3-9,14,16,18-19H,10H2,1-2H3,(H,17,21)/t14-,16-/m1/s1. The van der Waals surface area contributed by atoms with E-state index in [9.17, 15) is 4.79 Å². The van der Waals surface area contributed by atoms with Crippen molar-refractivity contribution in [3.8, 4) is 0 Å². The van der Waals surface area contributed by atoms with Crippen LogP contribution in [0.4, 0.5) is 5.69 Å². The molecule has 0 bridgehead atoms. The Kier molecular flexibility index (Phi) is 4.52. The van der Waals surface area contributed by atoms with E-state index >= 15 is 0 Å². The fourth-order valence-electron chi connectivity index (χ4n) is 2.43. The highest BCUT2D eigenvalue weighted by atomic mass is 32.2. The van der Waals surface area contributed by atoms with E-state index in [2.05, 4.69) is 27.1 Å². The quantitative estimate of drug-likeness (QED) is 0.794. The van der Waals surface area contributed by atoms with Crippen LogP contribution in [0, 0.1) is 13.8 Å². The Morgan fingerprint density at radius 1 is 1.32 bits per heavy atom. The number of carbonyl (C=O) groups is 1. The third-order valence-corrected chi connectivity index (χ3v) is 4.75. The first-order valence-electron chi connectivity index (χ1n) is 7.26. The van der Waals surface area contributed by atoms with Crippen molar-refractivity contribution >= 4 is 23.4 Å². The number of nitrogens with one attached hydrogen (secondary N) is 3. The first kappa shape index (κ1) is 15.1. The van der Waals surface area contributed by atoms with Gasteiger partial charge in [-0.15, -0.1) is 11.8 Å². The SMILES string of the molecule is Cc1ccc(C)c(NC(=O)CS[C@@H]2NN[C@H]3C=CC=CN32)c1. The Labute approximate surface area is 134 Å². The molecule has 22 heavy (non-hydrogen) atoms. The minimum Gasteiger partial charge on any atom is -0.332 e. The Hall–Kier alpha value is -1.76. The summed E-state index contributed by atoms with van der Waals surface area (Å²) in [6.45, 7) is 4.02. The smallest absolute Gasteiger partial charge is 0.234 e. The molecule has 3 rings (SSSR count). The van der Waals surface area contributed by atoms with Crippen LogP contribution in [0.5, 0.6) is 0 Å². The lowest BCUT2D eigenvalue weighted by Crippen LogP contribution is -2.33. The van der Waals surface area contributed by atoms with Gasteiger partial charge in [0.2, 0.25) is 5.91 Å². The molecular formula is C16H20N4OS. The Morgan fingerprint density at radius 2 is 2.18 bits per heavy atom. The highest BCUT2D eigenvalue weighted by Gasteiger charge is 2.30. The summed E-state index contributed by atoms with van der Waals surface area (Å²) in [5.74, 6) is 0.411. The Morgan fingerprint density at radius 3 is 3.05 bits per heavy atom. The van der Waals surface area contributed by atoms with E-state index in [1.54, 1.807) is 11.8 Å². The number of nitrogens with zero attached hydrogens (tertiary/aromatic N) is 1. The van der Waals surface area contributed by atoms with Crippen molar-refractivity contribution in [3.63, 3.8) is 0 Å². The van der Waals surface area contributed by atoms with Gasteiger partial charge in [-0.1, -0.05) is 18.2 Å². The van der Waals surface area contributed by atoms with Gasteiger partial charge in [0.15, 0.2) is 0 Å². The van der Waals surface area contributed by atoms with Crippen LogP contribution in [0.25, 0.3) is 0 Å². The molecule has 1 saturated heterocycles. The molecule has 1 fully saturated rings. The van der Waals surface area contributed by atoms with E-state index < -0.39 is 0 Å². The monoisotopic (exact) mass is 316 g/mol. The van der Waals surface area contributed by atoms with Gasteiger partial charge < -0.3 is 10.2 Å². The first-order chi connectivity index (χ1) is 10.6. The summed E-state index contributed by atoms with van der Waals surface area (Å²) in [5, 5.41) is 2.99. The van der Waals surface area contributed by atoms with Crippen molar-refractivity contribution in [2.24, 2.45) is 0 Å². The lowest BCUT2D eigenvalue weighted by atomic mass is 10.1. The van der Waals surface area contributed by atoms with Crippen molar-refractivity contribution < 1.29 is 4.79 Å². The topological polar surface area (TPSA) is 56.4 Å². The number of hydrogen-bond donors (Lipinski definition) is 3. The predicted octanol–water partition coefficient (Wildman–Crippen LogP) is 2.08. The lowest BCUT2D eigenvalue weighted by Gasteiger charge is -2.25. The molecule has 2 heterocycles. The van der Waals surface area contributed by atoms with Crippen molar-refractivity contribution in [3.05, 3.63) is 53.8 Å². The predicted molar refractivity (Wildman–Crippen MR) is 91.0 cm³/mol. The number of allylic oxidation sites excluding steroid dienone is 2. The molecule has 2 aliphatic rings. The van der Waals surface area contributed by atoms with Crippen LogP contribution < -0.4 is 16.2 Å². The summed E-state index contributed by atoms with van der Waals surface area (Å²) in [6.07, 6.45) is 8.26. The minimum atomic E-state index is 0.0143. The van der Waals surface area contributed by atoms with Crippen molar-refractivity contribution in [1.29, 1.82) is 0 Å². The number of carbonyl (C=O) groups excluding carboxylic acids is 1. The number of aryl methyl sites for hydroxylation is 2. The van der Waals surface area contributed by atoms with E-state index in [1.807, 2.05) is 50.4 Å². The fourth-order valence-corrected chi connectivity index (χ4v) is 3.33. The molecule has 1 aromatic rings. The summed E-state index contributed by atoms with van der Waals surface area (Å²) >= 11 is 1.56. The minimum absolute atomic E-state index is 0.0143. The Balaban J connectivity index is 1.53. The van der Waals surface area contributed by atoms with E-state index in [0.717, 1.165) is 16.8 Å². The van der Waals surface area contributed by atoms with Crippen molar-refractivity contribution in [2.75, 3.05) is 11.1 Å². The molecule has 0 saturated carbocycles. The number of benzene rings is 1. The maximum absolute atomic E-state index is 12.2. The third kappa shape index (κ3) is 3.35. The largest absolute Gasteiger partial charge is 0.332 e. The summed E-state index contributed by atoms with van der Waals surface area (Å²) in [6, 6.07) is 6.07. The summed E-state index contributed by atoms with van der Waals surface area (Å²) < 4.78 is 0. The first-order valence-corrected chi connectivity index (χ1v) is 8.30. The number of hydrazine groups is 1. The zero-order valence-corrected chi connectivity index (χ0v) is 13.5. The zero-order chi connectivity index (χ0) is 15.5. The van der Waals surface area contributed by atoms with E-state index in [-0.39, 0.29) is 17.6 Å². The van der Waals surface area contributed by atoms with Gasteiger partial charge in [0.25, 0.3) is 0 Å². The summed E-state index contributed by atoms with van der Waals surface area (Å²) in [5.41, 5.74) is 9.54. The van der Waals surface area contributed by atoms with Crippen LogP contribution >= 0.6 is 11.8 Å². The maximum atomic E-state index is 12.2. The number of anilines is 1. The number of rotatable bonds is 4. The average Bonchev–Trinajstić information content (AvgIpc) is 2.92. The van der Waals surface area contributed by atoms with Crippen molar-refractivity contribution in [1.82, 2.24) is 15.8 Å². The summed E-state index contributed by atoms with van der Waals surface area (Å²) in [7, 11) is 0. The number of thioether (sulfide) groups is 1. The van der Waals surface area contributed by atoms with Gasteiger partial charge >= 0.3 is 0 Å². The molecule has 1 amide bonds. The highest BCUT2D eigenvalue weighted by molar-refractivity contribution is 8.00. The van der Waals surface area contributed by atoms with Crippen LogP contribution in [-0.2, 0) is 4.79 Å². The molecule has 2 aliphatic heterocycles. The molecule has 2 atom stereocenters. The highest BCUT2D eigenvalue weighted by Crippen LogP contribution is 2.23. The molecule has 0 spiro atoms. The second-order valence-corrected chi connectivity index (χ2v) is 6.51. The second-order valence-electron chi connectivity index (χ2n) is 5.44. The molecular weight excluding hydrogens is 296 g/mol. The molecule has 0 radical (unpaired) electrons. The van der Waals surface area contributed by atoms with Crippen LogP contribution in [0.1, 0.15) is 11.1 Å². The van der Waals surface area contributed by atoms with Gasteiger partial charge in [0.05, 0.1) is 5.75 Å². The summed E-state index contributed by atoms with van der Waals surface area (Å²) in [4.78, 5) is 14.3. The fraction of sp³-hybridized carbons (Fsp3) is 0.312. The second kappa shape index (κ2) is 6.56. The third-order valence-electron chi connectivity index (χ3n) is 3.65. The van der Waals surface area contributed by atoms with Crippen LogP contribution in [0.2, 0.25) is 0 Å². The lowest BCUT2D eigenvalue weighted by molar-refractivity contribution is -0.113. The molecule has 0 unspecified atom stereocenters. The normalized spacial score (nSPS) is 22.7. The maximum Gasteiger partial charge on any atom is 0.234 e. The molecule has 6 heteroatoms. The van der Waals surface area contributed by atoms with Gasteiger partial charge in [-0.3, -0.25) is 4.79 Å².